The highest BCUT2D eigenvalue weighted by molar-refractivity contribution is 7.15. The second kappa shape index (κ2) is 12.7. The van der Waals surface area contributed by atoms with Gasteiger partial charge in [0.05, 0.1) is 6.42 Å². The van der Waals surface area contributed by atoms with E-state index in [-0.39, 0.29) is 18.1 Å². The first kappa shape index (κ1) is 25.9. The van der Waals surface area contributed by atoms with Crippen LogP contribution in [0.5, 0.6) is 0 Å². The molecule has 0 bridgehead atoms. The molecular formula is C26H26N6O4S. The lowest BCUT2D eigenvalue weighted by atomic mass is 10.1. The maximum atomic E-state index is 12.3. The molecule has 4 rings (SSSR count). The van der Waals surface area contributed by atoms with Crippen LogP contribution in [-0.2, 0) is 29.0 Å². The van der Waals surface area contributed by atoms with Crippen LogP contribution in [0.15, 0.2) is 77.7 Å². The van der Waals surface area contributed by atoms with Crippen molar-refractivity contribution in [3.63, 3.8) is 0 Å². The molecule has 11 heteroatoms. The molecule has 0 saturated carbocycles. The van der Waals surface area contributed by atoms with Crippen LogP contribution < -0.4 is 16.3 Å². The first-order chi connectivity index (χ1) is 18.0. The average molecular weight is 519 g/mol. The van der Waals surface area contributed by atoms with E-state index >= 15 is 0 Å². The lowest BCUT2D eigenvalue weighted by molar-refractivity contribution is -0.124. The van der Waals surface area contributed by atoms with Crippen LogP contribution in [0, 0.1) is 0 Å². The van der Waals surface area contributed by atoms with E-state index in [1.807, 2.05) is 30.3 Å². The van der Waals surface area contributed by atoms with Gasteiger partial charge in [0.2, 0.25) is 11.0 Å². The summed E-state index contributed by atoms with van der Waals surface area (Å²) in [6.45, 7) is 0.468. The fraction of sp³-hybridized carbons (Fsp3) is 0.231. The first-order valence-corrected chi connectivity index (χ1v) is 12.6. The molecule has 2 amide bonds. The SMILES string of the molecule is O=C(Cc1ccccc1)Nc1ccn(CCCCc2nnc(NC(=O)C(O)c3ccccc3)s2)c(=O)n1. The van der Waals surface area contributed by atoms with E-state index in [4.69, 9.17) is 0 Å². The summed E-state index contributed by atoms with van der Waals surface area (Å²) in [6.07, 6.45) is 2.61. The molecule has 2 aromatic heterocycles. The number of aliphatic hydroxyl groups excluding tert-OH is 1. The smallest absolute Gasteiger partial charge is 0.349 e. The van der Waals surface area contributed by atoms with Gasteiger partial charge in [-0.15, -0.1) is 10.2 Å². The van der Waals surface area contributed by atoms with Crippen molar-refractivity contribution in [3.05, 3.63) is 99.5 Å². The number of benzene rings is 2. The number of hydrogen-bond donors (Lipinski definition) is 3. The molecule has 37 heavy (non-hydrogen) atoms. The second-order valence-corrected chi connectivity index (χ2v) is 9.32. The quantitative estimate of drug-likeness (QED) is 0.259. The van der Waals surface area contributed by atoms with Crippen molar-refractivity contribution in [2.24, 2.45) is 0 Å². The number of nitrogens with one attached hydrogen (secondary N) is 2. The Balaban J connectivity index is 1.20. The van der Waals surface area contributed by atoms with Crippen LogP contribution in [0.1, 0.15) is 35.1 Å². The van der Waals surface area contributed by atoms with Crippen molar-refractivity contribution in [2.45, 2.75) is 38.3 Å². The zero-order chi connectivity index (χ0) is 26.0. The summed E-state index contributed by atoms with van der Waals surface area (Å²) < 4.78 is 1.49. The number of aromatic nitrogens is 4. The van der Waals surface area contributed by atoms with Crippen molar-refractivity contribution in [1.82, 2.24) is 19.7 Å². The summed E-state index contributed by atoms with van der Waals surface area (Å²) in [5.74, 6) is -0.582. The van der Waals surface area contributed by atoms with Crippen molar-refractivity contribution in [1.29, 1.82) is 0 Å². The zero-order valence-electron chi connectivity index (χ0n) is 19.9. The number of anilines is 2. The lowest BCUT2D eigenvalue weighted by Crippen LogP contribution is -2.25. The molecule has 0 saturated heterocycles. The third kappa shape index (κ3) is 7.63. The summed E-state index contributed by atoms with van der Waals surface area (Å²) in [7, 11) is 0. The molecule has 0 radical (unpaired) electrons. The Morgan fingerprint density at radius 3 is 2.41 bits per heavy atom. The van der Waals surface area contributed by atoms with E-state index in [2.05, 4.69) is 25.8 Å². The average Bonchev–Trinajstić information content (AvgIpc) is 3.35. The molecule has 1 atom stereocenters. The number of nitrogens with zero attached hydrogens (tertiary/aromatic N) is 4. The molecule has 1 unspecified atom stereocenters. The molecule has 190 valence electrons. The number of hydrogen-bond acceptors (Lipinski definition) is 8. The van der Waals surface area contributed by atoms with Gasteiger partial charge in [-0.3, -0.25) is 19.5 Å². The minimum Gasteiger partial charge on any atom is -0.378 e. The molecule has 0 aliphatic carbocycles. The molecule has 4 aromatic rings. The van der Waals surface area contributed by atoms with Crippen molar-refractivity contribution in [2.75, 3.05) is 10.6 Å². The maximum Gasteiger partial charge on any atom is 0.349 e. The van der Waals surface area contributed by atoms with E-state index in [0.29, 0.717) is 30.1 Å². The minimum atomic E-state index is -1.29. The Bertz CT molecular complexity index is 1390. The van der Waals surface area contributed by atoms with Crippen LogP contribution in [-0.4, -0.2) is 36.7 Å². The summed E-state index contributed by atoms with van der Waals surface area (Å²) >= 11 is 1.24. The number of aryl methyl sites for hydroxylation is 2. The van der Waals surface area contributed by atoms with Crippen molar-refractivity contribution >= 4 is 34.1 Å². The van der Waals surface area contributed by atoms with Gasteiger partial charge in [0.25, 0.3) is 5.91 Å². The highest BCUT2D eigenvalue weighted by Gasteiger charge is 2.18. The van der Waals surface area contributed by atoms with Gasteiger partial charge in [-0.1, -0.05) is 72.0 Å². The molecular weight excluding hydrogens is 492 g/mol. The van der Waals surface area contributed by atoms with Crippen LogP contribution in [0.3, 0.4) is 0 Å². The molecule has 10 nitrogen and oxygen atoms in total. The van der Waals surface area contributed by atoms with Gasteiger partial charge in [0, 0.05) is 19.2 Å². The van der Waals surface area contributed by atoms with Gasteiger partial charge in [-0.2, -0.15) is 4.98 Å². The van der Waals surface area contributed by atoms with Gasteiger partial charge in [-0.05, 0) is 30.0 Å². The van der Waals surface area contributed by atoms with Crippen molar-refractivity contribution < 1.29 is 14.7 Å². The lowest BCUT2D eigenvalue weighted by Gasteiger charge is -2.09. The second-order valence-electron chi connectivity index (χ2n) is 8.26. The van der Waals surface area contributed by atoms with Crippen LogP contribution >= 0.6 is 11.3 Å². The molecule has 0 aliphatic rings. The van der Waals surface area contributed by atoms with E-state index in [9.17, 15) is 19.5 Å². The minimum absolute atomic E-state index is 0.205. The largest absolute Gasteiger partial charge is 0.378 e. The molecule has 3 N–H and O–H groups in total. The van der Waals surface area contributed by atoms with E-state index < -0.39 is 17.7 Å². The number of carbonyl (C=O) groups is 2. The van der Waals surface area contributed by atoms with Crippen LogP contribution in [0.25, 0.3) is 0 Å². The predicted octanol–water partition coefficient (Wildman–Crippen LogP) is 2.97. The van der Waals surface area contributed by atoms with Gasteiger partial charge in [-0.25, -0.2) is 4.79 Å². The van der Waals surface area contributed by atoms with Crippen LogP contribution in [0.4, 0.5) is 10.9 Å². The van der Waals surface area contributed by atoms with E-state index in [1.54, 1.807) is 42.6 Å². The normalized spacial score (nSPS) is 11.6. The monoisotopic (exact) mass is 518 g/mol. The fourth-order valence-corrected chi connectivity index (χ4v) is 4.35. The summed E-state index contributed by atoms with van der Waals surface area (Å²) in [5.41, 5.74) is 0.940. The summed E-state index contributed by atoms with van der Waals surface area (Å²) in [5, 5.41) is 24.5. The molecule has 0 fully saturated rings. The molecule has 2 aromatic carbocycles. The van der Waals surface area contributed by atoms with E-state index in [0.717, 1.165) is 17.0 Å². The highest BCUT2D eigenvalue weighted by Crippen LogP contribution is 2.20. The third-order valence-corrected chi connectivity index (χ3v) is 6.35. The number of amides is 2. The maximum absolute atomic E-state index is 12.3. The number of carbonyl (C=O) groups excluding carboxylic acids is 2. The van der Waals surface area contributed by atoms with Crippen LogP contribution in [0.2, 0.25) is 0 Å². The third-order valence-electron chi connectivity index (χ3n) is 5.45. The topological polar surface area (TPSA) is 139 Å². The molecule has 0 spiro atoms. The van der Waals surface area contributed by atoms with Gasteiger partial charge >= 0.3 is 5.69 Å². The Kier molecular flexibility index (Phi) is 8.84. The summed E-state index contributed by atoms with van der Waals surface area (Å²) in [6, 6.07) is 19.6. The number of rotatable bonds is 11. The number of unbranched alkanes of at least 4 members (excludes halogenated alkanes) is 1. The van der Waals surface area contributed by atoms with Gasteiger partial charge in [0.15, 0.2) is 6.10 Å². The molecule has 0 aliphatic heterocycles. The Hall–Kier alpha value is -4.22. The fourth-order valence-electron chi connectivity index (χ4n) is 3.56. The summed E-state index contributed by atoms with van der Waals surface area (Å²) in [4.78, 5) is 40.7. The highest BCUT2D eigenvalue weighted by atomic mass is 32.1. The predicted molar refractivity (Wildman–Crippen MR) is 140 cm³/mol. The molecule has 2 heterocycles. The Labute approximate surface area is 217 Å². The van der Waals surface area contributed by atoms with E-state index in [1.165, 1.54) is 15.9 Å². The van der Waals surface area contributed by atoms with Gasteiger partial charge in [0.1, 0.15) is 10.8 Å². The first-order valence-electron chi connectivity index (χ1n) is 11.8. The zero-order valence-corrected chi connectivity index (χ0v) is 20.7. The van der Waals surface area contributed by atoms with Gasteiger partial charge < -0.3 is 10.4 Å². The Morgan fingerprint density at radius 1 is 0.946 bits per heavy atom. The number of aliphatic hydroxyl groups is 1. The Morgan fingerprint density at radius 2 is 1.68 bits per heavy atom. The van der Waals surface area contributed by atoms with Crippen molar-refractivity contribution in [3.8, 4) is 0 Å². The standard InChI is InChI=1S/C26H26N6O4S/c33-21(17-18-9-3-1-4-10-18)27-20-14-16-32(26(36)28-20)15-8-7-13-22-30-31-25(37-22)29-24(35)23(34)19-11-5-2-6-12-19/h1-6,9-12,14,16,23,34H,7-8,13,15,17H2,(H,29,31,35)(H,27,28,33,36).